The third kappa shape index (κ3) is 2.51. The van der Waals surface area contributed by atoms with Crippen LogP contribution in [0.25, 0.3) is 0 Å². The average molecular weight is 211 g/mol. The van der Waals surface area contributed by atoms with Gasteiger partial charge in [0, 0.05) is 5.02 Å². The number of aryl methyl sites for hydroxylation is 1. The second-order valence-corrected chi connectivity index (χ2v) is 5.02. The van der Waals surface area contributed by atoms with Gasteiger partial charge in [0.15, 0.2) is 0 Å². The van der Waals surface area contributed by atoms with Crippen LogP contribution in [0, 0.1) is 6.92 Å². The molecule has 0 aromatic heterocycles. The molecule has 0 radical (unpaired) electrons. The molecule has 0 N–H and O–H groups in total. The summed E-state index contributed by atoms with van der Waals surface area (Å²) in [6.45, 7) is 8.80. The van der Waals surface area contributed by atoms with Crippen LogP contribution in [0.4, 0.5) is 0 Å². The van der Waals surface area contributed by atoms with Crippen LogP contribution in [-0.4, -0.2) is 0 Å². The lowest BCUT2D eigenvalue weighted by atomic mass is 9.80. The molecule has 1 heteroatoms. The maximum atomic E-state index is 6.25. The molecule has 0 saturated heterocycles. The number of hydrogen-bond acceptors (Lipinski definition) is 0. The minimum absolute atomic E-state index is 0.194. The molecule has 1 aromatic carbocycles. The Morgan fingerprint density at radius 1 is 1.29 bits per heavy atom. The van der Waals surface area contributed by atoms with E-state index >= 15 is 0 Å². The fraction of sp³-hybridized carbons (Fsp3) is 0.538. The quantitative estimate of drug-likeness (QED) is 0.677. The lowest BCUT2D eigenvalue weighted by Crippen LogP contribution is -2.17. The number of hydrogen-bond donors (Lipinski definition) is 0. The number of halogens is 1. The van der Waals surface area contributed by atoms with E-state index in [1.807, 2.05) is 6.07 Å². The summed E-state index contributed by atoms with van der Waals surface area (Å²) >= 11 is 6.25. The first-order chi connectivity index (χ1) is 6.47. The Balaban J connectivity index is 3.06. The van der Waals surface area contributed by atoms with Crippen LogP contribution in [0.1, 0.15) is 44.7 Å². The van der Waals surface area contributed by atoms with Gasteiger partial charge in [-0.15, -0.1) is 0 Å². The number of benzene rings is 1. The summed E-state index contributed by atoms with van der Waals surface area (Å²) in [4.78, 5) is 0. The highest BCUT2D eigenvalue weighted by atomic mass is 35.5. The predicted octanol–water partition coefficient (Wildman–Crippen LogP) is 4.73. The molecule has 14 heavy (non-hydrogen) atoms. The minimum atomic E-state index is 0.194. The Kier molecular flexibility index (Phi) is 3.60. The molecule has 1 rings (SSSR count). The highest BCUT2D eigenvalue weighted by molar-refractivity contribution is 6.31. The Labute approximate surface area is 92.3 Å². The van der Waals surface area contributed by atoms with Gasteiger partial charge in [-0.1, -0.05) is 50.9 Å². The zero-order chi connectivity index (χ0) is 10.8. The van der Waals surface area contributed by atoms with Crippen LogP contribution in [-0.2, 0) is 5.41 Å². The standard InChI is InChI=1S/C13H19Cl/c1-5-8-13(3,4)11-7-6-10(2)9-12(11)14/h6-7,9H,5,8H2,1-4H3. The summed E-state index contributed by atoms with van der Waals surface area (Å²) in [7, 11) is 0. The largest absolute Gasteiger partial charge is 0.0840 e. The van der Waals surface area contributed by atoms with E-state index in [4.69, 9.17) is 11.6 Å². The highest BCUT2D eigenvalue weighted by Crippen LogP contribution is 2.33. The van der Waals surface area contributed by atoms with Crippen LogP contribution in [0.15, 0.2) is 18.2 Å². The van der Waals surface area contributed by atoms with Crippen molar-refractivity contribution in [2.24, 2.45) is 0 Å². The molecular weight excluding hydrogens is 192 g/mol. The molecule has 0 saturated carbocycles. The summed E-state index contributed by atoms with van der Waals surface area (Å²) in [6, 6.07) is 6.35. The normalized spacial score (nSPS) is 11.8. The Morgan fingerprint density at radius 2 is 1.93 bits per heavy atom. The fourth-order valence-corrected chi connectivity index (χ4v) is 2.42. The van der Waals surface area contributed by atoms with Crippen molar-refractivity contribution in [1.29, 1.82) is 0 Å². The van der Waals surface area contributed by atoms with Gasteiger partial charge in [-0.3, -0.25) is 0 Å². The fourth-order valence-electron chi connectivity index (χ4n) is 1.93. The summed E-state index contributed by atoms with van der Waals surface area (Å²) in [5.41, 5.74) is 2.69. The molecule has 0 aliphatic heterocycles. The van der Waals surface area contributed by atoms with E-state index in [0.717, 1.165) is 5.02 Å². The van der Waals surface area contributed by atoms with Crippen LogP contribution in [0.2, 0.25) is 5.02 Å². The Hall–Kier alpha value is -0.490. The van der Waals surface area contributed by atoms with Crippen LogP contribution in [0.3, 0.4) is 0 Å². The van der Waals surface area contributed by atoms with Crippen molar-refractivity contribution in [2.75, 3.05) is 0 Å². The first kappa shape index (κ1) is 11.6. The monoisotopic (exact) mass is 210 g/mol. The van der Waals surface area contributed by atoms with E-state index in [9.17, 15) is 0 Å². The van der Waals surface area contributed by atoms with E-state index in [1.165, 1.54) is 24.0 Å². The average Bonchev–Trinajstić information content (AvgIpc) is 2.02. The predicted molar refractivity (Wildman–Crippen MR) is 64.1 cm³/mol. The van der Waals surface area contributed by atoms with Crippen molar-refractivity contribution in [3.63, 3.8) is 0 Å². The van der Waals surface area contributed by atoms with Gasteiger partial charge >= 0.3 is 0 Å². The molecule has 78 valence electrons. The maximum absolute atomic E-state index is 6.25. The molecule has 0 unspecified atom stereocenters. The molecular formula is C13H19Cl. The lowest BCUT2D eigenvalue weighted by Gasteiger charge is -2.26. The second kappa shape index (κ2) is 4.35. The van der Waals surface area contributed by atoms with Gasteiger partial charge in [0.25, 0.3) is 0 Å². The van der Waals surface area contributed by atoms with Crippen molar-refractivity contribution in [2.45, 2.75) is 46.0 Å². The molecule has 0 aliphatic carbocycles. The second-order valence-electron chi connectivity index (χ2n) is 4.62. The zero-order valence-corrected chi connectivity index (χ0v) is 10.3. The first-order valence-electron chi connectivity index (χ1n) is 5.24. The van der Waals surface area contributed by atoms with E-state index in [0.29, 0.717) is 0 Å². The molecule has 0 bridgehead atoms. The Morgan fingerprint density at radius 3 is 2.43 bits per heavy atom. The van der Waals surface area contributed by atoms with Crippen LogP contribution < -0.4 is 0 Å². The lowest BCUT2D eigenvalue weighted by molar-refractivity contribution is 0.473. The molecule has 0 spiro atoms. The van der Waals surface area contributed by atoms with Gasteiger partial charge in [0.1, 0.15) is 0 Å². The van der Waals surface area contributed by atoms with E-state index in [-0.39, 0.29) is 5.41 Å². The van der Waals surface area contributed by atoms with Crippen molar-refractivity contribution in [3.05, 3.63) is 34.3 Å². The molecule has 1 aromatic rings. The molecule has 0 amide bonds. The van der Waals surface area contributed by atoms with Gasteiger partial charge in [-0.2, -0.15) is 0 Å². The van der Waals surface area contributed by atoms with Crippen LogP contribution in [0.5, 0.6) is 0 Å². The van der Waals surface area contributed by atoms with Crippen molar-refractivity contribution in [1.82, 2.24) is 0 Å². The maximum Gasteiger partial charge on any atom is 0.0446 e. The van der Waals surface area contributed by atoms with E-state index < -0.39 is 0 Å². The third-order valence-corrected chi connectivity index (χ3v) is 3.04. The smallest absolute Gasteiger partial charge is 0.0446 e. The van der Waals surface area contributed by atoms with Gasteiger partial charge in [-0.05, 0) is 36.0 Å². The van der Waals surface area contributed by atoms with E-state index in [1.54, 1.807) is 0 Å². The van der Waals surface area contributed by atoms with Crippen molar-refractivity contribution < 1.29 is 0 Å². The minimum Gasteiger partial charge on any atom is -0.0840 e. The Bertz CT molecular complexity index is 313. The molecule has 0 aliphatic rings. The summed E-state index contributed by atoms with van der Waals surface area (Å²) < 4.78 is 0. The molecule has 0 heterocycles. The van der Waals surface area contributed by atoms with Crippen molar-refractivity contribution >= 4 is 11.6 Å². The molecule has 0 atom stereocenters. The van der Waals surface area contributed by atoms with Gasteiger partial charge in [0.05, 0.1) is 0 Å². The molecule has 0 nitrogen and oxygen atoms in total. The van der Waals surface area contributed by atoms with E-state index in [2.05, 4.69) is 39.8 Å². The van der Waals surface area contributed by atoms with Crippen molar-refractivity contribution in [3.8, 4) is 0 Å². The summed E-state index contributed by atoms with van der Waals surface area (Å²) in [6.07, 6.45) is 2.37. The summed E-state index contributed by atoms with van der Waals surface area (Å²) in [5.74, 6) is 0. The first-order valence-corrected chi connectivity index (χ1v) is 5.62. The number of rotatable bonds is 3. The molecule has 0 fully saturated rings. The zero-order valence-electron chi connectivity index (χ0n) is 9.52. The SMILES string of the molecule is CCCC(C)(C)c1ccc(C)cc1Cl. The van der Waals surface area contributed by atoms with Crippen LogP contribution >= 0.6 is 11.6 Å². The van der Waals surface area contributed by atoms with Gasteiger partial charge in [0.2, 0.25) is 0 Å². The topological polar surface area (TPSA) is 0 Å². The van der Waals surface area contributed by atoms with Gasteiger partial charge in [-0.25, -0.2) is 0 Å². The summed E-state index contributed by atoms with van der Waals surface area (Å²) in [5, 5.41) is 0.906. The highest BCUT2D eigenvalue weighted by Gasteiger charge is 2.21. The van der Waals surface area contributed by atoms with Gasteiger partial charge < -0.3 is 0 Å². The third-order valence-electron chi connectivity index (χ3n) is 2.73.